The van der Waals surface area contributed by atoms with Gasteiger partial charge in [0.15, 0.2) is 0 Å². The number of hydrogen-bond acceptors (Lipinski definition) is 2. The SMILES string of the molecule is CC(C)(C)NC(=O)N[C@H]1CC[C@H](OCc2c(F)cccc2F)CC1. The molecule has 0 atom stereocenters. The Morgan fingerprint density at radius 1 is 1.17 bits per heavy atom. The summed E-state index contributed by atoms with van der Waals surface area (Å²) in [5.41, 5.74) is -0.295. The van der Waals surface area contributed by atoms with Crippen LogP contribution < -0.4 is 10.6 Å². The van der Waals surface area contributed by atoms with Crippen LogP contribution in [0.2, 0.25) is 0 Å². The van der Waals surface area contributed by atoms with E-state index in [0.29, 0.717) is 0 Å². The van der Waals surface area contributed by atoms with Crippen LogP contribution in [-0.2, 0) is 11.3 Å². The number of benzene rings is 1. The first kappa shape index (κ1) is 18.6. The summed E-state index contributed by atoms with van der Waals surface area (Å²) in [6, 6.07) is 3.75. The van der Waals surface area contributed by atoms with Crippen LogP contribution in [0.1, 0.15) is 52.0 Å². The van der Waals surface area contributed by atoms with E-state index in [1.807, 2.05) is 20.8 Å². The summed E-state index contributed by atoms with van der Waals surface area (Å²) in [6.45, 7) is 5.73. The summed E-state index contributed by atoms with van der Waals surface area (Å²) >= 11 is 0. The van der Waals surface area contributed by atoms with Gasteiger partial charge in [-0.15, -0.1) is 0 Å². The molecular weight excluding hydrogens is 314 g/mol. The molecule has 0 unspecified atom stereocenters. The molecule has 0 radical (unpaired) electrons. The van der Waals surface area contributed by atoms with Crippen molar-refractivity contribution in [3.63, 3.8) is 0 Å². The molecule has 1 aliphatic rings. The van der Waals surface area contributed by atoms with Gasteiger partial charge in [-0.2, -0.15) is 0 Å². The summed E-state index contributed by atoms with van der Waals surface area (Å²) in [7, 11) is 0. The fourth-order valence-corrected chi connectivity index (χ4v) is 2.81. The van der Waals surface area contributed by atoms with Gasteiger partial charge < -0.3 is 15.4 Å². The van der Waals surface area contributed by atoms with Crippen LogP contribution in [0.3, 0.4) is 0 Å². The Bertz CT molecular complexity index is 544. The average Bonchev–Trinajstić information content (AvgIpc) is 2.46. The lowest BCUT2D eigenvalue weighted by Gasteiger charge is -2.30. The molecule has 1 aliphatic carbocycles. The van der Waals surface area contributed by atoms with Crippen molar-refractivity contribution in [2.75, 3.05) is 0 Å². The van der Waals surface area contributed by atoms with Gasteiger partial charge in [0.25, 0.3) is 0 Å². The minimum Gasteiger partial charge on any atom is -0.373 e. The Labute approximate surface area is 142 Å². The van der Waals surface area contributed by atoms with Crippen molar-refractivity contribution in [2.24, 2.45) is 0 Å². The van der Waals surface area contributed by atoms with E-state index in [2.05, 4.69) is 10.6 Å². The molecule has 24 heavy (non-hydrogen) atoms. The number of ether oxygens (including phenoxy) is 1. The predicted octanol–water partition coefficient (Wildman–Crippen LogP) is 3.89. The van der Waals surface area contributed by atoms with E-state index >= 15 is 0 Å². The number of nitrogens with one attached hydrogen (secondary N) is 2. The summed E-state index contributed by atoms with van der Waals surface area (Å²) in [6.07, 6.45) is 3.07. The van der Waals surface area contributed by atoms with Gasteiger partial charge in [0.2, 0.25) is 0 Å². The standard InChI is InChI=1S/C18H26F2N2O2/c1-18(2,3)22-17(23)21-12-7-9-13(10-8-12)24-11-14-15(19)5-4-6-16(14)20/h4-6,12-13H,7-11H2,1-3H3,(H2,21,22,23)/t12-,13-. The lowest BCUT2D eigenvalue weighted by atomic mass is 9.93. The third-order valence-electron chi connectivity index (χ3n) is 4.02. The van der Waals surface area contributed by atoms with Crippen molar-refractivity contribution in [1.29, 1.82) is 0 Å². The van der Waals surface area contributed by atoms with E-state index in [4.69, 9.17) is 4.74 Å². The maximum Gasteiger partial charge on any atom is 0.315 e. The second-order valence-corrected chi connectivity index (χ2v) is 7.33. The number of rotatable bonds is 4. The zero-order valence-corrected chi connectivity index (χ0v) is 14.5. The second-order valence-electron chi connectivity index (χ2n) is 7.33. The number of hydrogen-bond donors (Lipinski definition) is 2. The predicted molar refractivity (Wildman–Crippen MR) is 88.6 cm³/mol. The van der Waals surface area contributed by atoms with Gasteiger partial charge >= 0.3 is 6.03 Å². The number of carbonyl (C=O) groups excluding carboxylic acids is 1. The monoisotopic (exact) mass is 340 g/mol. The number of amides is 2. The molecule has 4 nitrogen and oxygen atoms in total. The summed E-state index contributed by atoms with van der Waals surface area (Å²) in [4.78, 5) is 11.9. The van der Waals surface area contributed by atoms with Crippen LogP contribution >= 0.6 is 0 Å². The van der Waals surface area contributed by atoms with Crippen molar-refractivity contribution in [1.82, 2.24) is 10.6 Å². The maximum atomic E-state index is 13.6. The molecule has 0 heterocycles. The van der Waals surface area contributed by atoms with Crippen LogP contribution in [0.25, 0.3) is 0 Å². The first-order valence-corrected chi connectivity index (χ1v) is 8.38. The van der Waals surface area contributed by atoms with Gasteiger partial charge in [-0.1, -0.05) is 6.07 Å². The highest BCUT2D eigenvalue weighted by Crippen LogP contribution is 2.23. The van der Waals surface area contributed by atoms with Gasteiger partial charge in [0.1, 0.15) is 11.6 Å². The van der Waals surface area contributed by atoms with E-state index in [9.17, 15) is 13.6 Å². The van der Waals surface area contributed by atoms with E-state index in [-0.39, 0.29) is 35.9 Å². The summed E-state index contributed by atoms with van der Waals surface area (Å²) < 4.78 is 32.8. The third kappa shape index (κ3) is 5.74. The van der Waals surface area contributed by atoms with Gasteiger partial charge in [-0.25, -0.2) is 13.6 Å². The molecule has 0 aliphatic heterocycles. The Kier molecular flexibility index (Phi) is 6.15. The Morgan fingerprint density at radius 2 is 1.75 bits per heavy atom. The molecule has 1 aromatic rings. The van der Waals surface area contributed by atoms with E-state index in [0.717, 1.165) is 25.7 Å². The van der Waals surface area contributed by atoms with Crippen molar-refractivity contribution in [2.45, 2.75) is 70.7 Å². The Balaban J connectivity index is 1.74. The number of carbonyl (C=O) groups is 1. The summed E-state index contributed by atoms with van der Waals surface area (Å²) in [5, 5.41) is 5.83. The minimum atomic E-state index is -0.579. The van der Waals surface area contributed by atoms with Crippen LogP contribution in [-0.4, -0.2) is 23.7 Å². The lowest BCUT2D eigenvalue weighted by Crippen LogP contribution is -2.50. The zero-order valence-electron chi connectivity index (χ0n) is 14.5. The highest BCUT2D eigenvalue weighted by atomic mass is 19.1. The maximum absolute atomic E-state index is 13.6. The zero-order chi connectivity index (χ0) is 17.7. The molecule has 0 saturated heterocycles. The fourth-order valence-electron chi connectivity index (χ4n) is 2.81. The quantitative estimate of drug-likeness (QED) is 0.874. The summed E-state index contributed by atoms with van der Waals surface area (Å²) in [5.74, 6) is -1.16. The van der Waals surface area contributed by atoms with Crippen LogP contribution in [0.4, 0.5) is 13.6 Å². The van der Waals surface area contributed by atoms with Gasteiger partial charge in [0.05, 0.1) is 12.7 Å². The Morgan fingerprint density at radius 3 is 2.29 bits per heavy atom. The second kappa shape index (κ2) is 7.92. The third-order valence-corrected chi connectivity index (χ3v) is 4.02. The van der Waals surface area contributed by atoms with Gasteiger partial charge in [-0.05, 0) is 58.6 Å². The van der Waals surface area contributed by atoms with Gasteiger partial charge in [0, 0.05) is 17.1 Å². The molecule has 6 heteroatoms. The number of urea groups is 1. The largest absolute Gasteiger partial charge is 0.373 e. The first-order chi connectivity index (χ1) is 11.2. The van der Waals surface area contributed by atoms with Crippen molar-refractivity contribution in [3.05, 3.63) is 35.4 Å². The highest BCUT2D eigenvalue weighted by molar-refractivity contribution is 5.74. The van der Waals surface area contributed by atoms with Gasteiger partial charge in [-0.3, -0.25) is 0 Å². The van der Waals surface area contributed by atoms with E-state index in [1.165, 1.54) is 18.2 Å². The van der Waals surface area contributed by atoms with E-state index in [1.54, 1.807) is 0 Å². The molecule has 1 saturated carbocycles. The topological polar surface area (TPSA) is 50.4 Å². The molecule has 1 fully saturated rings. The molecule has 1 aromatic carbocycles. The number of halogens is 2. The molecule has 0 aromatic heterocycles. The molecule has 0 spiro atoms. The molecule has 2 N–H and O–H groups in total. The molecule has 2 rings (SSSR count). The van der Waals surface area contributed by atoms with Crippen molar-refractivity contribution in [3.8, 4) is 0 Å². The Hall–Kier alpha value is -1.69. The smallest absolute Gasteiger partial charge is 0.315 e. The average molecular weight is 340 g/mol. The molecule has 134 valence electrons. The molecule has 2 amide bonds. The minimum absolute atomic E-state index is 0.0256. The van der Waals surface area contributed by atoms with E-state index < -0.39 is 11.6 Å². The van der Waals surface area contributed by atoms with Crippen LogP contribution in [0.5, 0.6) is 0 Å². The normalized spacial score (nSPS) is 21.4. The highest BCUT2D eigenvalue weighted by Gasteiger charge is 2.24. The molecule has 0 bridgehead atoms. The van der Waals surface area contributed by atoms with Crippen molar-refractivity contribution < 1.29 is 18.3 Å². The molecular formula is C18H26F2N2O2. The van der Waals surface area contributed by atoms with Crippen LogP contribution in [0.15, 0.2) is 18.2 Å². The first-order valence-electron chi connectivity index (χ1n) is 8.38. The fraction of sp³-hybridized carbons (Fsp3) is 0.611. The van der Waals surface area contributed by atoms with Crippen molar-refractivity contribution >= 4 is 6.03 Å². The lowest BCUT2D eigenvalue weighted by molar-refractivity contribution is 0.00947. The van der Waals surface area contributed by atoms with Crippen LogP contribution in [0, 0.1) is 11.6 Å².